The fourth-order valence-corrected chi connectivity index (χ4v) is 1.69. The predicted molar refractivity (Wildman–Crippen MR) is 69.8 cm³/mol. The van der Waals surface area contributed by atoms with Gasteiger partial charge in [-0.2, -0.15) is 0 Å². The first-order chi connectivity index (χ1) is 8.65. The molecule has 1 rings (SSSR count). The van der Waals surface area contributed by atoms with Crippen molar-refractivity contribution in [3.8, 4) is 0 Å². The second kappa shape index (κ2) is 7.79. The predicted octanol–water partition coefficient (Wildman–Crippen LogP) is 0.794. The molecule has 5 nitrogen and oxygen atoms in total. The minimum atomic E-state index is -0.452. The van der Waals surface area contributed by atoms with Crippen molar-refractivity contribution in [2.75, 3.05) is 20.8 Å². The van der Waals surface area contributed by atoms with E-state index in [1.165, 1.54) is 0 Å². The summed E-state index contributed by atoms with van der Waals surface area (Å²) in [6, 6.07) is 3.33. The highest BCUT2D eigenvalue weighted by Gasteiger charge is 2.17. The largest absolute Gasteiger partial charge is 0.385 e. The van der Waals surface area contributed by atoms with Crippen LogP contribution in [0.4, 0.5) is 0 Å². The zero-order chi connectivity index (χ0) is 13.4. The molecule has 0 fully saturated rings. The van der Waals surface area contributed by atoms with Gasteiger partial charge in [0.05, 0.1) is 6.04 Å². The molecule has 5 heteroatoms. The van der Waals surface area contributed by atoms with E-state index in [2.05, 4.69) is 4.98 Å². The maximum Gasteiger partial charge on any atom is 0.239 e. The lowest BCUT2D eigenvalue weighted by molar-refractivity contribution is -0.132. The Balaban J connectivity index is 2.41. The number of nitrogens with zero attached hydrogens (tertiary/aromatic N) is 2. The van der Waals surface area contributed by atoms with E-state index < -0.39 is 6.04 Å². The maximum atomic E-state index is 12.0. The van der Waals surface area contributed by atoms with E-state index in [-0.39, 0.29) is 5.91 Å². The lowest BCUT2D eigenvalue weighted by atomic mass is 10.1. The number of amides is 1. The number of nitrogens with two attached hydrogens (primary N) is 1. The average Bonchev–Trinajstić information content (AvgIpc) is 2.39. The van der Waals surface area contributed by atoms with Gasteiger partial charge in [0.1, 0.15) is 0 Å². The third kappa shape index (κ3) is 4.81. The van der Waals surface area contributed by atoms with Crippen molar-refractivity contribution in [1.29, 1.82) is 0 Å². The quantitative estimate of drug-likeness (QED) is 0.728. The van der Waals surface area contributed by atoms with E-state index in [9.17, 15) is 4.79 Å². The molecule has 0 aliphatic rings. The summed E-state index contributed by atoms with van der Waals surface area (Å²) >= 11 is 0. The van der Waals surface area contributed by atoms with E-state index in [4.69, 9.17) is 10.5 Å². The van der Waals surface area contributed by atoms with E-state index in [0.717, 1.165) is 12.0 Å². The fourth-order valence-electron chi connectivity index (χ4n) is 1.69. The van der Waals surface area contributed by atoms with Crippen LogP contribution in [0.25, 0.3) is 0 Å². The van der Waals surface area contributed by atoms with Crippen LogP contribution in [-0.2, 0) is 16.1 Å². The molecule has 0 aliphatic heterocycles. The van der Waals surface area contributed by atoms with Crippen LogP contribution in [-0.4, -0.2) is 42.6 Å². The van der Waals surface area contributed by atoms with Crippen molar-refractivity contribution >= 4 is 5.91 Å². The lowest BCUT2D eigenvalue weighted by Gasteiger charge is -2.21. The van der Waals surface area contributed by atoms with Gasteiger partial charge >= 0.3 is 0 Å². The Kier molecular flexibility index (Phi) is 6.32. The molecule has 1 aromatic rings. The summed E-state index contributed by atoms with van der Waals surface area (Å²) in [5.41, 5.74) is 6.90. The van der Waals surface area contributed by atoms with Gasteiger partial charge in [-0.05, 0) is 30.5 Å². The van der Waals surface area contributed by atoms with Crippen molar-refractivity contribution in [1.82, 2.24) is 9.88 Å². The van der Waals surface area contributed by atoms with Gasteiger partial charge in [-0.3, -0.25) is 9.78 Å². The zero-order valence-corrected chi connectivity index (χ0v) is 11.0. The number of rotatable bonds is 7. The third-order valence-corrected chi connectivity index (χ3v) is 2.73. The topological polar surface area (TPSA) is 68.5 Å². The van der Waals surface area contributed by atoms with Crippen LogP contribution in [0.15, 0.2) is 24.5 Å². The van der Waals surface area contributed by atoms with Crippen LogP contribution >= 0.6 is 0 Å². The summed E-state index contributed by atoms with van der Waals surface area (Å²) in [5, 5.41) is 0. The van der Waals surface area contributed by atoms with Gasteiger partial charge in [0.2, 0.25) is 5.91 Å². The number of hydrogen-bond acceptors (Lipinski definition) is 4. The van der Waals surface area contributed by atoms with Gasteiger partial charge in [0.25, 0.3) is 0 Å². The second-order valence-electron chi connectivity index (χ2n) is 4.29. The molecule has 1 amide bonds. The minimum absolute atomic E-state index is 0.0390. The first kappa shape index (κ1) is 14.6. The molecule has 0 saturated heterocycles. The first-order valence-electron chi connectivity index (χ1n) is 6.03. The Morgan fingerprint density at radius 1 is 1.50 bits per heavy atom. The fraction of sp³-hybridized carbons (Fsp3) is 0.538. The summed E-state index contributed by atoms with van der Waals surface area (Å²) in [5.74, 6) is -0.0390. The van der Waals surface area contributed by atoms with Crippen molar-refractivity contribution in [2.45, 2.75) is 25.4 Å². The molecule has 1 heterocycles. The SMILES string of the molecule is COCCCC(N)C(=O)N(C)Cc1ccncc1. The highest BCUT2D eigenvalue weighted by atomic mass is 16.5. The van der Waals surface area contributed by atoms with Gasteiger partial charge in [-0.15, -0.1) is 0 Å². The zero-order valence-electron chi connectivity index (χ0n) is 11.0. The van der Waals surface area contributed by atoms with Crippen molar-refractivity contribution < 1.29 is 9.53 Å². The van der Waals surface area contributed by atoms with Crippen LogP contribution in [0.2, 0.25) is 0 Å². The number of pyridine rings is 1. The standard InChI is InChI=1S/C13H21N3O2/c1-16(10-11-5-7-15-8-6-11)13(17)12(14)4-3-9-18-2/h5-8,12H,3-4,9-10,14H2,1-2H3. The Morgan fingerprint density at radius 2 is 2.17 bits per heavy atom. The summed E-state index contributed by atoms with van der Waals surface area (Å²) in [6.07, 6.45) is 4.87. The average molecular weight is 251 g/mol. The van der Waals surface area contributed by atoms with E-state index in [1.54, 1.807) is 31.5 Å². The molecular weight excluding hydrogens is 230 g/mol. The highest BCUT2D eigenvalue weighted by Crippen LogP contribution is 2.05. The molecule has 1 atom stereocenters. The van der Waals surface area contributed by atoms with Gasteiger partial charge in [-0.1, -0.05) is 0 Å². The number of methoxy groups -OCH3 is 1. The van der Waals surface area contributed by atoms with Gasteiger partial charge in [0.15, 0.2) is 0 Å². The molecule has 0 aliphatic carbocycles. The number of carbonyl (C=O) groups is 1. The Hall–Kier alpha value is -1.46. The molecule has 1 aromatic heterocycles. The van der Waals surface area contributed by atoms with Crippen LogP contribution < -0.4 is 5.73 Å². The molecule has 2 N–H and O–H groups in total. The number of ether oxygens (including phenoxy) is 1. The van der Waals surface area contributed by atoms with Crippen molar-refractivity contribution in [3.05, 3.63) is 30.1 Å². The molecule has 100 valence electrons. The van der Waals surface area contributed by atoms with Gasteiger partial charge < -0.3 is 15.4 Å². The molecule has 18 heavy (non-hydrogen) atoms. The van der Waals surface area contributed by atoms with E-state index in [0.29, 0.717) is 19.6 Å². The smallest absolute Gasteiger partial charge is 0.239 e. The first-order valence-corrected chi connectivity index (χ1v) is 6.03. The molecule has 0 saturated carbocycles. The van der Waals surface area contributed by atoms with Crippen LogP contribution in [0, 0.1) is 0 Å². The van der Waals surface area contributed by atoms with Crippen LogP contribution in [0.3, 0.4) is 0 Å². The number of likely N-dealkylation sites (N-methyl/N-ethyl adjacent to an activating group) is 1. The number of aromatic nitrogens is 1. The summed E-state index contributed by atoms with van der Waals surface area (Å²) in [4.78, 5) is 17.6. The maximum absolute atomic E-state index is 12.0. The summed E-state index contributed by atoms with van der Waals surface area (Å²) in [7, 11) is 3.40. The highest BCUT2D eigenvalue weighted by molar-refractivity contribution is 5.81. The third-order valence-electron chi connectivity index (χ3n) is 2.73. The minimum Gasteiger partial charge on any atom is -0.385 e. The van der Waals surface area contributed by atoms with Gasteiger partial charge in [-0.25, -0.2) is 0 Å². The van der Waals surface area contributed by atoms with Crippen LogP contribution in [0.5, 0.6) is 0 Å². The second-order valence-corrected chi connectivity index (χ2v) is 4.29. The normalized spacial score (nSPS) is 12.2. The lowest BCUT2D eigenvalue weighted by Crippen LogP contribution is -2.41. The summed E-state index contributed by atoms with van der Waals surface area (Å²) in [6.45, 7) is 1.19. The number of carbonyl (C=O) groups excluding carboxylic acids is 1. The van der Waals surface area contributed by atoms with E-state index in [1.807, 2.05) is 12.1 Å². The van der Waals surface area contributed by atoms with Crippen molar-refractivity contribution in [2.24, 2.45) is 5.73 Å². The molecular formula is C13H21N3O2. The monoisotopic (exact) mass is 251 g/mol. The Morgan fingerprint density at radius 3 is 2.78 bits per heavy atom. The summed E-state index contributed by atoms with van der Waals surface area (Å²) < 4.78 is 4.94. The van der Waals surface area contributed by atoms with Crippen molar-refractivity contribution in [3.63, 3.8) is 0 Å². The molecule has 0 aromatic carbocycles. The van der Waals surface area contributed by atoms with E-state index >= 15 is 0 Å². The molecule has 0 radical (unpaired) electrons. The molecule has 0 spiro atoms. The molecule has 1 unspecified atom stereocenters. The number of hydrogen-bond donors (Lipinski definition) is 1. The van der Waals surface area contributed by atoms with Crippen LogP contribution in [0.1, 0.15) is 18.4 Å². The van der Waals surface area contributed by atoms with Gasteiger partial charge in [0, 0.05) is 39.7 Å². The molecule has 0 bridgehead atoms. The Labute approximate surface area is 108 Å². The Bertz CT molecular complexity index is 357.